The number of carbonyl (C=O) groups is 2. The Morgan fingerprint density at radius 3 is 2.97 bits per heavy atom. The molecular weight excluding hydrogens is 398 g/mol. The Bertz CT molecular complexity index is 1030. The van der Waals surface area contributed by atoms with Crippen molar-refractivity contribution < 1.29 is 27.8 Å². The van der Waals surface area contributed by atoms with Gasteiger partial charge in [0.25, 0.3) is 11.8 Å². The normalized spacial score (nSPS) is 22.4. The Morgan fingerprint density at radius 2 is 2.20 bits per heavy atom. The average molecular weight is 418 g/mol. The van der Waals surface area contributed by atoms with Gasteiger partial charge in [0.15, 0.2) is 5.82 Å². The summed E-state index contributed by atoms with van der Waals surface area (Å²) in [6.07, 6.45) is 3.14. The molecule has 1 aromatic heterocycles. The molecule has 10 heteroatoms. The lowest BCUT2D eigenvalue weighted by Gasteiger charge is -2.23. The predicted octanol–water partition coefficient (Wildman–Crippen LogP) is 2.43. The smallest absolute Gasteiger partial charge is 0.289 e. The van der Waals surface area contributed by atoms with Crippen LogP contribution in [0.15, 0.2) is 18.3 Å². The Kier molecular flexibility index (Phi) is 5.10. The van der Waals surface area contributed by atoms with E-state index in [1.807, 2.05) is 13.8 Å². The highest BCUT2D eigenvalue weighted by molar-refractivity contribution is 6.01. The van der Waals surface area contributed by atoms with E-state index in [-0.39, 0.29) is 23.9 Å². The third-order valence-electron chi connectivity index (χ3n) is 5.14. The van der Waals surface area contributed by atoms with Crippen LogP contribution in [0.25, 0.3) is 0 Å². The summed E-state index contributed by atoms with van der Waals surface area (Å²) in [6, 6.07) is 0.443. The number of anilines is 1. The van der Waals surface area contributed by atoms with E-state index in [0.29, 0.717) is 18.4 Å². The summed E-state index contributed by atoms with van der Waals surface area (Å²) in [4.78, 5) is 33.6. The first-order chi connectivity index (χ1) is 14.3. The van der Waals surface area contributed by atoms with Crippen LogP contribution >= 0.6 is 0 Å². The molecule has 0 radical (unpaired) electrons. The summed E-state index contributed by atoms with van der Waals surface area (Å²) in [5.74, 6) is -3.47. The Labute approximate surface area is 171 Å². The van der Waals surface area contributed by atoms with Crippen molar-refractivity contribution in [1.82, 2.24) is 15.3 Å². The first-order valence-electron chi connectivity index (χ1n) is 9.54. The molecule has 3 heterocycles. The number of halogens is 2. The summed E-state index contributed by atoms with van der Waals surface area (Å²) in [7, 11) is 0. The lowest BCUT2D eigenvalue weighted by Crippen LogP contribution is -2.47. The number of benzene rings is 1. The maximum absolute atomic E-state index is 13.9. The fourth-order valence-corrected chi connectivity index (χ4v) is 3.63. The minimum Gasteiger partial charge on any atom is -0.488 e. The van der Waals surface area contributed by atoms with Gasteiger partial charge in [-0.3, -0.25) is 9.59 Å². The maximum Gasteiger partial charge on any atom is 0.289 e. The number of ether oxygens (including phenoxy) is 2. The molecule has 158 valence electrons. The lowest BCUT2D eigenvalue weighted by molar-refractivity contribution is -0.118. The summed E-state index contributed by atoms with van der Waals surface area (Å²) in [6.45, 7) is 4.00. The second kappa shape index (κ2) is 7.60. The van der Waals surface area contributed by atoms with Crippen molar-refractivity contribution >= 4 is 17.5 Å². The van der Waals surface area contributed by atoms with E-state index in [4.69, 9.17) is 9.47 Å². The second-order valence-electron chi connectivity index (χ2n) is 7.42. The van der Waals surface area contributed by atoms with Crippen molar-refractivity contribution in [2.24, 2.45) is 0 Å². The highest BCUT2D eigenvalue weighted by atomic mass is 19.1. The summed E-state index contributed by atoms with van der Waals surface area (Å²) >= 11 is 0. The van der Waals surface area contributed by atoms with Gasteiger partial charge in [-0.05, 0) is 13.3 Å². The molecular formula is C20H20F2N4O4. The van der Waals surface area contributed by atoms with Crippen LogP contribution in [0.5, 0.6) is 5.75 Å². The molecule has 4 rings (SSSR count). The molecule has 0 bridgehead atoms. The summed E-state index contributed by atoms with van der Waals surface area (Å²) < 4.78 is 38.5. The molecule has 1 unspecified atom stereocenters. The quantitative estimate of drug-likeness (QED) is 0.791. The fraction of sp³-hybridized carbons (Fsp3) is 0.400. The molecule has 0 aliphatic carbocycles. The van der Waals surface area contributed by atoms with Crippen molar-refractivity contribution in [2.45, 2.75) is 44.9 Å². The van der Waals surface area contributed by atoms with Gasteiger partial charge in [0, 0.05) is 23.9 Å². The van der Waals surface area contributed by atoms with E-state index < -0.39 is 35.1 Å². The number of fused-ring (bicyclic) bond motifs is 2. The van der Waals surface area contributed by atoms with Gasteiger partial charge < -0.3 is 20.1 Å². The van der Waals surface area contributed by atoms with E-state index in [1.165, 1.54) is 6.20 Å². The van der Waals surface area contributed by atoms with Crippen LogP contribution in [0.3, 0.4) is 0 Å². The van der Waals surface area contributed by atoms with Crippen molar-refractivity contribution in [2.75, 3.05) is 11.9 Å². The highest BCUT2D eigenvalue weighted by Crippen LogP contribution is 2.38. The summed E-state index contributed by atoms with van der Waals surface area (Å²) in [5, 5.41) is 4.80. The topological polar surface area (TPSA) is 102 Å². The molecule has 2 N–H and O–H groups in total. The number of aromatic nitrogens is 2. The molecule has 2 atom stereocenters. The van der Waals surface area contributed by atoms with Gasteiger partial charge in [0.05, 0.1) is 12.3 Å². The zero-order chi connectivity index (χ0) is 21.5. The standard InChI is InChI=1S/C20H20F2N4O4/c1-3-4-20(2)16-10(8-30-20)7-23-17(26-16)19(28)24-13-9-29-14-6-11(21)5-12(22)15(14)25-18(13)27/h5-7,13H,3-4,8-9H2,1-2H3,(H,24,28)(H,25,27)/t13-,20?/m0/s1. The monoisotopic (exact) mass is 418 g/mol. The zero-order valence-corrected chi connectivity index (χ0v) is 16.4. The molecule has 1 aromatic carbocycles. The number of nitrogens with zero attached hydrogens (tertiary/aromatic N) is 2. The van der Waals surface area contributed by atoms with Crippen LogP contribution in [0.4, 0.5) is 14.5 Å². The van der Waals surface area contributed by atoms with E-state index in [2.05, 4.69) is 20.6 Å². The number of nitrogens with one attached hydrogen (secondary N) is 2. The lowest BCUT2D eigenvalue weighted by atomic mass is 9.95. The largest absolute Gasteiger partial charge is 0.488 e. The Morgan fingerprint density at radius 1 is 1.40 bits per heavy atom. The first kappa shape index (κ1) is 20.1. The van der Waals surface area contributed by atoms with Gasteiger partial charge in [-0.1, -0.05) is 13.3 Å². The minimum absolute atomic E-state index is 0.117. The second-order valence-corrected chi connectivity index (χ2v) is 7.42. The molecule has 0 fully saturated rings. The van der Waals surface area contributed by atoms with Crippen LogP contribution in [-0.2, 0) is 21.7 Å². The third-order valence-corrected chi connectivity index (χ3v) is 5.14. The van der Waals surface area contributed by atoms with Crippen LogP contribution in [0.1, 0.15) is 48.6 Å². The van der Waals surface area contributed by atoms with Gasteiger partial charge >= 0.3 is 0 Å². The number of amides is 2. The average Bonchev–Trinajstić information content (AvgIpc) is 2.94. The summed E-state index contributed by atoms with van der Waals surface area (Å²) in [5.41, 5.74) is 0.579. The van der Waals surface area contributed by atoms with Crippen LogP contribution in [0, 0.1) is 11.6 Å². The van der Waals surface area contributed by atoms with Crippen molar-refractivity contribution in [1.29, 1.82) is 0 Å². The number of carbonyl (C=O) groups excluding carboxylic acids is 2. The third kappa shape index (κ3) is 3.58. The van der Waals surface area contributed by atoms with E-state index in [9.17, 15) is 18.4 Å². The van der Waals surface area contributed by atoms with Gasteiger partial charge in [-0.2, -0.15) is 0 Å². The maximum atomic E-state index is 13.9. The number of hydrogen-bond acceptors (Lipinski definition) is 6. The molecule has 8 nitrogen and oxygen atoms in total. The van der Waals surface area contributed by atoms with Gasteiger partial charge in [0.1, 0.15) is 35.5 Å². The molecule has 2 aliphatic rings. The van der Waals surface area contributed by atoms with Gasteiger partial charge in [-0.15, -0.1) is 0 Å². The van der Waals surface area contributed by atoms with Gasteiger partial charge in [0.2, 0.25) is 5.82 Å². The molecule has 2 aromatic rings. The molecule has 0 saturated heterocycles. The van der Waals surface area contributed by atoms with Gasteiger partial charge in [-0.25, -0.2) is 18.7 Å². The number of rotatable bonds is 4. The van der Waals surface area contributed by atoms with Crippen LogP contribution in [0.2, 0.25) is 0 Å². The Balaban J connectivity index is 1.52. The molecule has 2 aliphatic heterocycles. The SMILES string of the molecule is CCCC1(C)OCc2cnc(C(=O)N[C@H]3COc4cc(F)cc(F)c4NC3=O)nc21. The molecule has 2 amide bonds. The van der Waals surface area contributed by atoms with Crippen molar-refractivity contribution in [3.63, 3.8) is 0 Å². The number of hydrogen-bond donors (Lipinski definition) is 2. The molecule has 0 spiro atoms. The highest BCUT2D eigenvalue weighted by Gasteiger charge is 2.38. The van der Waals surface area contributed by atoms with Crippen molar-refractivity contribution in [3.05, 3.63) is 47.0 Å². The van der Waals surface area contributed by atoms with E-state index in [1.54, 1.807) is 0 Å². The first-order valence-corrected chi connectivity index (χ1v) is 9.54. The Hall–Kier alpha value is -3.14. The fourth-order valence-electron chi connectivity index (χ4n) is 3.63. The van der Waals surface area contributed by atoms with E-state index >= 15 is 0 Å². The van der Waals surface area contributed by atoms with Crippen LogP contribution < -0.4 is 15.4 Å². The van der Waals surface area contributed by atoms with Crippen LogP contribution in [-0.4, -0.2) is 34.4 Å². The van der Waals surface area contributed by atoms with E-state index in [0.717, 1.165) is 24.5 Å². The minimum atomic E-state index is -1.15. The zero-order valence-electron chi connectivity index (χ0n) is 16.4. The van der Waals surface area contributed by atoms with Crippen molar-refractivity contribution in [3.8, 4) is 5.75 Å². The molecule has 30 heavy (non-hydrogen) atoms. The predicted molar refractivity (Wildman–Crippen MR) is 101 cm³/mol. The molecule has 0 saturated carbocycles.